The maximum absolute atomic E-state index is 14.2. The Kier molecular flexibility index (Phi) is 4.44. The Morgan fingerprint density at radius 1 is 1.21 bits per heavy atom. The van der Waals surface area contributed by atoms with E-state index in [1.807, 2.05) is 25.1 Å². The Balaban J connectivity index is 2.57. The monoisotopic (exact) mass is 319 g/mol. The third kappa shape index (κ3) is 2.91. The van der Waals surface area contributed by atoms with Crippen LogP contribution in [0, 0.1) is 5.82 Å². The van der Waals surface area contributed by atoms with Crippen LogP contribution in [0.4, 0.5) is 10.1 Å². The molecule has 1 aliphatic carbocycles. The normalized spacial score (nSPS) is 19.5. The summed E-state index contributed by atoms with van der Waals surface area (Å²) in [5, 5.41) is 1.38. The van der Waals surface area contributed by atoms with E-state index in [4.69, 9.17) is 34.8 Å². The van der Waals surface area contributed by atoms with Gasteiger partial charge in [0, 0.05) is 41.3 Å². The maximum atomic E-state index is 14.2. The summed E-state index contributed by atoms with van der Waals surface area (Å²) in [4.78, 5) is 1.85. The summed E-state index contributed by atoms with van der Waals surface area (Å²) < 4.78 is 14.2. The van der Waals surface area contributed by atoms with Gasteiger partial charge in [-0.2, -0.15) is 0 Å². The molecule has 0 saturated heterocycles. The van der Waals surface area contributed by atoms with E-state index in [1.165, 1.54) is 6.07 Å². The fourth-order valence-electron chi connectivity index (χ4n) is 2.21. The minimum absolute atomic E-state index is 0.301. The van der Waals surface area contributed by atoms with E-state index in [-0.39, 0.29) is 11.7 Å². The van der Waals surface area contributed by atoms with Crippen molar-refractivity contribution in [1.29, 1.82) is 0 Å². The predicted molar refractivity (Wildman–Crippen MR) is 80.8 cm³/mol. The van der Waals surface area contributed by atoms with Crippen LogP contribution >= 0.6 is 34.8 Å². The molecule has 0 radical (unpaired) electrons. The minimum atomic E-state index is -0.342. The van der Waals surface area contributed by atoms with Crippen LogP contribution in [0.2, 0.25) is 0 Å². The molecule has 0 heterocycles. The van der Waals surface area contributed by atoms with Gasteiger partial charge < -0.3 is 4.90 Å². The first-order valence-corrected chi connectivity index (χ1v) is 6.92. The second-order valence-electron chi connectivity index (χ2n) is 4.61. The second-order valence-corrected chi connectivity index (χ2v) is 5.91. The van der Waals surface area contributed by atoms with Gasteiger partial charge in [-0.1, -0.05) is 40.9 Å². The fourth-order valence-corrected chi connectivity index (χ4v) is 3.03. The van der Waals surface area contributed by atoms with Crippen molar-refractivity contribution in [2.75, 3.05) is 19.0 Å². The largest absolute Gasteiger partial charge is 0.377 e. The van der Waals surface area contributed by atoms with Crippen molar-refractivity contribution in [2.45, 2.75) is 12.3 Å². The molecule has 1 aliphatic rings. The Morgan fingerprint density at radius 3 is 2.53 bits per heavy atom. The van der Waals surface area contributed by atoms with E-state index in [1.54, 1.807) is 12.1 Å². The standard InChI is InChI=1S/C14H13Cl3FN/c1-19(2)12-5-3-4-11(18)13(12)9-6-8(15)7-10(16)14(9)17/h3-5,7,9H,6H2,1-2H3. The number of benzene rings is 1. The van der Waals surface area contributed by atoms with Crippen molar-refractivity contribution in [1.82, 2.24) is 0 Å². The summed E-state index contributed by atoms with van der Waals surface area (Å²) in [5.74, 6) is -0.643. The van der Waals surface area contributed by atoms with E-state index in [2.05, 4.69) is 0 Å². The van der Waals surface area contributed by atoms with Crippen LogP contribution in [0.3, 0.4) is 0 Å². The number of hydrogen-bond acceptors (Lipinski definition) is 1. The highest BCUT2D eigenvalue weighted by atomic mass is 35.5. The number of allylic oxidation sites excluding steroid dienone is 4. The number of halogens is 4. The molecule has 1 nitrogen and oxygen atoms in total. The second kappa shape index (κ2) is 5.74. The molecule has 0 spiro atoms. The van der Waals surface area contributed by atoms with Crippen molar-refractivity contribution < 1.29 is 4.39 Å². The van der Waals surface area contributed by atoms with Crippen molar-refractivity contribution in [3.63, 3.8) is 0 Å². The van der Waals surface area contributed by atoms with E-state index >= 15 is 0 Å². The van der Waals surface area contributed by atoms with Gasteiger partial charge >= 0.3 is 0 Å². The lowest BCUT2D eigenvalue weighted by molar-refractivity contribution is 0.596. The number of anilines is 1. The molecule has 0 aliphatic heterocycles. The molecule has 5 heteroatoms. The Hall–Kier alpha value is -0.700. The van der Waals surface area contributed by atoms with Crippen molar-refractivity contribution in [2.24, 2.45) is 0 Å². The van der Waals surface area contributed by atoms with Gasteiger partial charge in [0.2, 0.25) is 0 Å². The Morgan fingerprint density at radius 2 is 1.89 bits per heavy atom. The number of hydrogen-bond donors (Lipinski definition) is 0. The summed E-state index contributed by atoms with van der Waals surface area (Å²) >= 11 is 18.3. The molecule has 0 N–H and O–H groups in total. The lowest BCUT2D eigenvalue weighted by Gasteiger charge is -2.26. The van der Waals surface area contributed by atoms with Crippen LogP contribution in [-0.2, 0) is 0 Å². The molecule has 102 valence electrons. The molecule has 2 rings (SSSR count). The third-order valence-corrected chi connectivity index (χ3v) is 4.22. The van der Waals surface area contributed by atoms with Gasteiger partial charge in [-0.25, -0.2) is 4.39 Å². The summed E-state index contributed by atoms with van der Waals surface area (Å²) in [6.07, 6.45) is 2.07. The lowest BCUT2D eigenvalue weighted by atomic mass is 9.90. The van der Waals surface area contributed by atoms with E-state index < -0.39 is 0 Å². The molecule has 0 saturated carbocycles. The first kappa shape index (κ1) is 14.7. The smallest absolute Gasteiger partial charge is 0.129 e. The zero-order chi connectivity index (χ0) is 14.2. The molecule has 0 bridgehead atoms. The van der Waals surface area contributed by atoms with Gasteiger partial charge in [0.1, 0.15) is 5.82 Å². The Bertz CT molecular complexity index is 564. The molecule has 19 heavy (non-hydrogen) atoms. The fraction of sp³-hybridized carbons (Fsp3) is 0.286. The minimum Gasteiger partial charge on any atom is -0.377 e. The quantitative estimate of drug-likeness (QED) is 0.724. The van der Waals surface area contributed by atoms with Gasteiger partial charge in [-0.3, -0.25) is 0 Å². The summed E-state index contributed by atoms with van der Waals surface area (Å²) in [6.45, 7) is 0. The summed E-state index contributed by atoms with van der Waals surface area (Å²) in [6, 6.07) is 4.95. The highest BCUT2D eigenvalue weighted by Gasteiger charge is 2.28. The Labute approximate surface area is 127 Å². The SMILES string of the molecule is CN(C)c1cccc(F)c1C1CC(Cl)=CC(Cl)=C1Cl. The van der Waals surface area contributed by atoms with Crippen LogP contribution in [-0.4, -0.2) is 14.1 Å². The summed E-state index contributed by atoms with van der Waals surface area (Å²) in [5.41, 5.74) is 1.31. The van der Waals surface area contributed by atoms with Gasteiger partial charge in [-0.05, 0) is 24.6 Å². The van der Waals surface area contributed by atoms with Crippen LogP contribution in [0.15, 0.2) is 39.4 Å². The van der Waals surface area contributed by atoms with Gasteiger partial charge in [0.15, 0.2) is 0 Å². The zero-order valence-electron chi connectivity index (χ0n) is 10.6. The van der Waals surface area contributed by atoms with Crippen LogP contribution in [0.25, 0.3) is 0 Å². The predicted octanol–water partition coefficient (Wildman–Crippen LogP) is 5.19. The van der Waals surface area contributed by atoms with Crippen LogP contribution < -0.4 is 4.90 Å². The zero-order valence-corrected chi connectivity index (χ0v) is 12.8. The molecular weight excluding hydrogens is 308 g/mol. The van der Waals surface area contributed by atoms with E-state index in [9.17, 15) is 4.39 Å². The van der Waals surface area contributed by atoms with Crippen LogP contribution in [0.5, 0.6) is 0 Å². The number of nitrogens with zero attached hydrogens (tertiary/aromatic N) is 1. The maximum Gasteiger partial charge on any atom is 0.129 e. The van der Waals surface area contributed by atoms with Crippen molar-refractivity contribution in [3.05, 3.63) is 50.8 Å². The summed E-state index contributed by atoms with van der Waals surface area (Å²) in [7, 11) is 3.72. The molecule has 0 aromatic heterocycles. The van der Waals surface area contributed by atoms with Crippen LogP contribution in [0.1, 0.15) is 17.9 Å². The van der Waals surface area contributed by atoms with Gasteiger partial charge in [0.05, 0.1) is 5.03 Å². The molecule has 0 amide bonds. The highest BCUT2D eigenvalue weighted by molar-refractivity contribution is 6.42. The van der Waals surface area contributed by atoms with Crippen molar-refractivity contribution >= 4 is 40.5 Å². The molecule has 1 unspecified atom stereocenters. The average Bonchev–Trinajstić information content (AvgIpc) is 2.33. The van der Waals surface area contributed by atoms with E-state index in [0.717, 1.165) is 5.69 Å². The lowest BCUT2D eigenvalue weighted by Crippen LogP contribution is -2.16. The first-order valence-electron chi connectivity index (χ1n) is 5.78. The topological polar surface area (TPSA) is 3.24 Å². The van der Waals surface area contributed by atoms with Gasteiger partial charge in [0.25, 0.3) is 0 Å². The first-order chi connectivity index (χ1) is 8.91. The van der Waals surface area contributed by atoms with Crippen molar-refractivity contribution in [3.8, 4) is 0 Å². The number of rotatable bonds is 2. The molecule has 0 fully saturated rings. The van der Waals surface area contributed by atoms with E-state index in [0.29, 0.717) is 27.1 Å². The molecule has 1 atom stereocenters. The average molecular weight is 321 g/mol. The molecule has 1 aromatic carbocycles. The van der Waals surface area contributed by atoms with Gasteiger partial charge in [-0.15, -0.1) is 0 Å². The highest BCUT2D eigenvalue weighted by Crippen LogP contribution is 2.45. The molecule has 1 aromatic rings. The third-order valence-electron chi connectivity index (χ3n) is 3.08. The molecular formula is C14H13Cl3FN.